The zero-order valence-electron chi connectivity index (χ0n) is 11.7. The second kappa shape index (κ2) is 8.56. The molecular formula is C14H18O7. The van der Waals surface area contributed by atoms with E-state index in [9.17, 15) is 9.59 Å². The van der Waals surface area contributed by atoms with E-state index in [4.69, 9.17) is 23.7 Å². The number of rotatable bonds is 0. The quantitative estimate of drug-likeness (QED) is 0.582. The number of hydrogen-bond acceptors (Lipinski definition) is 7. The van der Waals surface area contributed by atoms with Gasteiger partial charge in [0, 0.05) is 0 Å². The molecule has 0 bridgehead atoms. The SMILES string of the molecule is O=C1C=CC(=O)C2=C1OCCOCCOCCOCCO2. The highest BCUT2D eigenvalue weighted by Gasteiger charge is 2.26. The van der Waals surface area contributed by atoms with Crippen LogP contribution in [-0.4, -0.2) is 64.4 Å². The van der Waals surface area contributed by atoms with Crippen molar-refractivity contribution in [3.8, 4) is 0 Å². The van der Waals surface area contributed by atoms with Crippen LogP contribution in [0, 0.1) is 0 Å². The van der Waals surface area contributed by atoms with Crippen LogP contribution in [-0.2, 0) is 33.3 Å². The summed E-state index contributed by atoms with van der Waals surface area (Å²) in [5, 5.41) is 0. The van der Waals surface area contributed by atoms with Crippen LogP contribution in [0.25, 0.3) is 0 Å². The molecule has 0 N–H and O–H groups in total. The van der Waals surface area contributed by atoms with Gasteiger partial charge in [-0.25, -0.2) is 0 Å². The number of hydrogen-bond donors (Lipinski definition) is 0. The molecule has 7 heteroatoms. The van der Waals surface area contributed by atoms with Gasteiger partial charge in [0.15, 0.2) is 0 Å². The van der Waals surface area contributed by atoms with E-state index >= 15 is 0 Å². The molecule has 0 amide bonds. The summed E-state index contributed by atoms with van der Waals surface area (Å²) in [7, 11) is 0. The van der Waals surface area contributed by atoms with Gasteiger partial charge in [0.25, 0.3) is 0 Å². The van der Waals surface area contributed by atoms with Gasteiger partial charge in [-0.05, 0) is 12.2 Å². The minimum Gasteiger partial charge on any atom is -0.484 e. The number of carbonyl (C=O) groups is 2. The molecule has 1 aliphatic carbocycles. The van der Waals surface area contributed by atoms with Crippen molar-refractivity contribution in [1.29, 1.82) is 0 Å². The lowest BCUT2D eigenvalue weighted by Gasteiger charge is -2.16. The summed E-state index contributed by atoms with van der Waals surface area (Å²) in [6.07, 6.45) is 2.34. The molecule has 0 radical (unpaired) electrons. The summed E-state index contributed by atoms with van der Waals surface area (Å²) in [5.41, 5.74) is 0. The van der Waals surface area contributed by atoms with Crippen LogP contribution in [0.4, 0.5) is 0 Å². The minimum atomic E-state index is -0.391. The molecule has 0 atom stereocenters. The molecule has 2 aliphatic rings. The third-order valence-electron chi connectivity index (χ3n) is 2.73. The second-order valence-corrected chi connectivity index (χ2v) is 4.25. The molecule has 0 aromatic heterocycles. The highest BCUT2D eigenvalue weighted by molar-refractivity contribution is 6.18. The first-order valence-corrected chi connectivity index (χ1v) is 6.79. The monoisotopic (exact) mass is 298 g/mol. The molecule has 21 heavy (non-hydrogen) atoms. The number of carbonyl (C=O) groups excluding carboxylic acids is 2. The smallest absolute Gasteiger partial charge is 0.224 e. The van der Waals surface area contributed by atoms with Crippen LogP contribution >= 0.6 is 0 Å². The van der Waals surface area contributed by atoms with Crippen molar-refractivity contribution in [2.24, 2.45) is 0 Å². The molecule has 0 spiro atoms. The van der Waals surface area contributed by atoms with Gasteiger partial charge in [0.2, 0.25) is 23.1 Å². The maximum atomic E-state index is 11.8. The fourth-order valence-corrected chi connectivity index (χ4v) is 1.75. The lowest BCUT2D eigenvalue weighted by atomic mass is 10.1. The van der Waals surface area contributed by atoms with Crippen LogP contribution < -0.4 is 0 Å². The third kappa shape index (κ3) is 4.96. The maximum Gasteiger partial charge on any atom is 0.224 e. The van der Waals surface area contributed by atoms with Crippen LogP contribution in [0.2, 0.25) is 0 Å². The first-order valence-electron chi connectivity index (χ1n) is 6.79. The van der Waals surface area contributed by atoms with Crippen LogP contribution in [0.1, 0.15) is 0 Å². The van der Waals surface area contributed by atoms with Gasteiger partial charge in [0.1, 0.15) is 13.2 Å². The highest BCUT2D eigenvalue weighted by atomic mass is 16.6. The van der Waals surface area contributed by atoms with E-state index in [1.54, 1.807) is 0 Å². The second-order valence-electron chi connectivity index (χ2n) is 4.25. The lowest BCUT2D eigenvalue weighted by Crippen LogP contribution is -2.21. The third-order valence-corrected chi connectivity index (χ3v) is 2.73. The van der Waals surface area contributed by atoms with Crippen molar-refractivity contribution in [1.82, 2.24) is 0 Å². The highest BCUT2D eigenvalue weighted by Crippen LogP contribution is 2.16. The fourth-order valence-electron chi connectivity index (χ4n) is 1.75. The van der Waals surface area contributed by atoms with E-state index in [1.807, 2.05) is 0 Å². The Bertz CT molecular complexity index is 401. The summed E-state index contributed by atoms with van der Waals surface area (Å²) in [6, 6.07) is 0. The zero-order valence-corrected chi connectivity index (χ0v) is 11.7. The summed E-state index contributed by atoms with van der Waals surface area (Å²) in [5.74, 6) is -0.925. The molecule has 2 rings (SSSR count). The topological polar surface area (TPSA) is 80.3 Å². The van der Waals surface area contributed by atoms with Crippen molar-refractivity contribution in [3.63, 3.8) is 0 Å². The van der Waals surface area contributed by atoms with Gasteiger partial charge < -0.3 is 23.7 Å². The fraction of sp³-hybridized carbons (Fsp3) is 0.571. The van der Waals surface area contributed by atoms with Crippen molar-refractivity contribution in [3.05, 3.63) is 23.7 Å². The standard InChI is InChI=1S/C14H18O7/c15-11-1-2-12(16)14-13(11)20-9-7-18-5-3-17-4-6-19-8-10-21-14/h1-2H,3-10H2. The maximum absolute atomic E-state index is 11.8. The van der Waals surface area contributed by atoms with E-state index in [2.05, 4.69) is 0 Å². The Balaban J connectivity index is 2.00. The Morgan fingerprint density at radius 3 is 1.29 bits per heavy atom. The average molecular weight is 298 g/mol. The Labute approximate surface area is 122 Å². The molecule has 0 saturated heterocycles. The molecule has 0 saturated carbocycles. The summed E-state index contributed by atoms with van der Waals surface area (Å²) >= 11 is 0. The number of allylic oxidation sites excluding steroid dienone is 2. The molecule has 116 valence electrons. The van der Waals surface area contributed by atoms with Gasteiger partial charge >= 0.3 is 0 Å². The first kappa shape index (κ1) is 15.7. The molecule has 7 nitrogen and oxygen atoms in total. The van der Waals surface area contributed by atoms with Crippen LogP contribution in [0.15, 0.2) is 23.7 Å². The molecule has 0 fully saturated rings. The van der Waals surface area contributed by atoms with Gasteiger partial charge in [-0.3, -0.25) is 9.59 Å². The van der Waals surface area contributed by atoms with E-state index < -0.39 is 11.6 Å². The Hall–Kier alpha value is -1.70. The van der Waals surface area contributed by atoms with Crippen LogP contribution in [0.5, 0.6) is 0 Å². The van der Waals surface area contributed by atoms with Crippen molar-refractivity contribution >= 4 is 11.6 Å². The molecule has 0 unspecified atom stereocenters. The predicted molar refractivity (Wildman–Crippen MR) is 70.5 cm³/mol. The molecule has 1 aliphatic heterocycles. The summed E-state index contributed by atoms with van der Waals surface area (Å²) in [6.45, 7) is 2.69. The summed E-state index contributed by atoms with van der Waals surface area (Å²) in [4.78, 5) is 23.6. The van der Waals surface area contributed by atoms with E-state index in [-0.39, 0.29) is 24.7 Å². The number of ketones is 2. The number of ether oxygens (including phenoxy) is 5. The van der Waals surface area contributed by atoms with Crippen LogP contribution in [0.3, 0.4) is 0 Å². The Morgan fingerprint density at radius 2 is 0.905 bits per heavy atom. The lowest BCUT2D eigenvalue weighted by molar-refractivity contribution is -0.121. The van der Waals surface area contributed by atoms with Crippen molar-refractivity contribution in [2.75, 3.05) is 52.9 Å². The molecule has 0 aromatic rings. The van der Waals surface area contributed by atoms with Crippen molar-refractivity contribution < 1.29 is 33.3 Å². The Morgan fingerprint density at radius 1 is 0.571 bits per heavy atom. The predicted octanol–water partition coefficient (Wildman–Crippen LogP) is 0.00260. The summed E-state index contributed by atoms with van der Waals surface area (Å²) < 4.78 is 26.5. The zero-order chi connectivity index (χ0) is 14.9. The van der Waals surface area contributed by atoms with Gasteiger partial charge in [-0.2, -0.15) is 0 Å². The molecule has 0 aromatic carbocycles. The minimum absolute atomic E-state index is 0.0720. The average Bonchev–Trinajstić information content (AvgIpc) is 2.49. The molecular weight excluding hydrogens is 280 g/mol. The van der Waals surface area contributed by atoms with E-state index in [0.717, 1.165) is 0 Å². The first-order chi connectivity index (χ1) is 10.3. The van der Waals surface area contributed by atoms with Crippen molar-refractivity contribution in [2.45, 2.75) is 0 Å². The van der Waals surface area contributed by atoms with Gasteiger partial charge in [-0.15, -0.1) is 0 Å². The van der Waals surface area contributed by atoms with Gasteiger partial charge in [0.05, 0.1) is 39.6 Å². The van der Waals surface area contributed by atoms with Gasteiger partial charge in [-0.1, -0.05) is 0 Å². The van der Waals surface area contributed by atoms with E-state index in [0.29, 0.717) is 39.6 Å². The van der Waals surface area contributed by atoms with E-state index in [1.165, 1.54) is 12.2 Å². The normalized spacial score (nSPS) is 22.7. The Kier molecular flexibility index (Phi) is 6.39. The largest absolute Gasteiger partial charge is 0.484 e. The molecule has 1 heterocycles.